The van der Waals surface area contributed by atoms with Crippen LogP contribution >= 0.6 is 23.5 Å². The summed E-state index contributed by atoms with van der Waals surface area (Å²) in [5.41, 5.74) is 2.83. The molecule has 0 saturated heterocycles. The summed E-state index contributed by atoms with van der Waals surface area (Å²) in [5.74, 6) is -0.360. The highest BCUT2D eigenvalue weighted by Gasteiger charge is 2.20. The van der Waals surface area contributed by atoms with Crippen molar-refractivity contribution in [2.75, 3.05) is 11.9 Å². The number of amides is 2. The normalized spacial score (nSPS) is 12.6. The van der Waals surface area contributed by atoms with Gasteiger partial charge in [-0.25, -0.2) is 0 Å². The summed E-state index contributed by atoms with van der Waals surface area (Å²) >= 11 is 7.32. The van der Waals surface area contributed by atoms with E-state index < -0.39 is 0 Å². The first-order valence-electron chi connectivity index (χ1n) is 8.44. The van der Waals surface area contributed by atoms with E-state index in [1.807, 2.05) is 46.6 Å². The number of carbonyl (C=O) groups is 2. The minimum Gasteiger partial charge on any atom is -0.352 e. The number of halogens is 1. The number of aromatic nitrogens is 1. The lowest BCUT2D eigenvalue weighted by Crippen LogP contribution is -2.25. The Kier molecular flexibility index (Phi) is 4.92. The molecule has 27 heavy (non-hydrogen) atoms. The van der Waals surface area contributed by atoms with Crippen LogP contribution in [-0.4, -0.2) is 22.3 Å². The average molecular weight is 398 g/mol. The summed E-state index contributed by atoms with van der Waals surface area (Å²) in [6, 6.07) is 16.5. The topological polar surface area (TPSA) is 63.1 Å². The van der Waals surface area contributed by atoms with Crippen molar-refractivity contribution in [3.63, 3.8) is 0 Å². The molecule has 2 amide bonds. The third kappa shape index (κ3) is 3.86. The second-order valence-corrected chi connectivity index (χ2v) is 7.56. The molecule has 0 radical (unpaired) electrons. The van der Waals surface area contributed by atoms with Crippen molar-refractivity contribution >= 4 is 41.1 Å². The van der Waals surface area contributed by atoms with Gasteiger partial charge < -0.3 is 10.6 Å². The highest BCUT2D eigenvalue weighted by molar-refractivity contribution is 7.98. The van der Waals surface area contributed by atoms with Crippen molar-refractivity contribution in [1.29, 1.82) is 0 Å². The van der Waals surface area contributed by atoms with Crippen LogP contribution < -0.4 is 10.6 Å². The number of hydrogen-bond donors (Lipinski definition) is 2. The van der Waals surface area contributed by atoms with Crippen LogP contribution in [-0.2, 0) is 6.42 Å². The lowest BCUT2D eigenvalue weighted by molar-refractivity contribution is 0.0952. The molecule has 0 spiro atoms. The Balaban J connectivity index is 1.43. The zero-order chi connectivity index (χ0) is 18.8. The molecule has 2 N–H and O–H groups in total. The smallest absolute Gasteiger partial charge is 0.273 e. The van der Waals surface area contributed by atoms with Gasteiger partial charge in [0.15, 0.2) is 0 Å². The van der Waals surface area contributed by atoms with Gasteiger partial charge in [0.25, 0.3) is 11.8 Å². The molecule has 4 rings (SSSR count). The predicted octanol–water partition coefficient (Wildman–Crippen LogP) is 4.24. The van der Waals surface area contributed by atoms with Crippen LogP contribution in [0.2, 0.25) is 5.02 Å². The van der Waals surface area contributed by atoms with Gasteiger partial charge in [0.2, 0.25) is 0 Å². The Morgan fingerprint density at radius 1 is 1.15 bits per heavy atom. The van der Waals surface area contributed by atoms with Crippen molar-refractivity contribution in [2.24, 2.45) is 0 Å². The van der Waals surface area contributed by atoms with Crippen LogP contribution in [0.1, 0.15) is 26.4 Å². The molecule has 7 heteroatoms. The molecule has 1 aliphatic rings. The summed E-state index contributed by atoms with van der Waals surface area (Å²) in [6.07, 6.45) is 2.56. The highest BCUT2D eigenvalue weighted by Crippen LogP contribution is 2.33. The fraction of sp³-hybridized carbons (Fsp3) is 0.100. The number of hydrogen-bond acceptors (Lipinski definition) is 3. The van der Waals surface area contributed by atoms with Crippen molar-refractivity contribution in [3.05, 3.63) is 82.6 Å². The Hall–Kier alpha value is -2.70. The zero-order valence-electron chi connectivity index (χ0n) is 14.2. The molecular weight excluding hydrogens is 382 g/mol. The molecule has 1 aromatic heterocycles. The lowest BCUT2D eigenvalue weighted by atomic mass is 10.1. The number of benzene rings is 2. The van der Waals surface area contributed by atoms with Gasteiger partial charge in [-0.3, -0.25) is 13.6 Å². The van der Waals surface area contributed by atoms with Crippen LogP contribution in [0.15, 0.2) is 65.7 Å². The quantitative estimate of drug-likeness (QED) is 0.692. The molecule has 1 aliphatic heterocycles. The summed E-state index contributed by atoms with van der Waals surface area (Å²) in [6.45, 7) is 0.518. The minimum absolute atomic E-state index is 0.171. The van der Waals surface area contributed by atoms with Crippen LogP contribution in [0.3, 0.4) is 0 Å². The number of rotatable bonds is 4. The second-order valence-electron chi connectivity index (χ2n) is 6.11. The molecule has 2 aromatic carbocycles. The maximum atomic E-state index is 12.5. The monoisotopic (exact) mass is 397 g/mol. The van der Waals surface area contributed by atoms with Crippen LogP contribution in [0.4, 0.5) is 5.69 Å². The van der Waals surface area contributed by atoms with Gasteiger partial charge in [-0.15, -0.1) is 0 Å². The van der Waals surface area contributed by atoms with Gasteiger partial charge in [-0.1, -0.05) is 23.7 Å². The standard InChI is InChI=1S/C20H16ClN3O2S/c21-15-6-3-13(4-7-15)9-10-22-19(25)14-5-8-18-16(12-14)23-20(26)17-2-1-11-24(17)27-18/h1-8,11-12H,9-10H2,(H,22,25)(H,23,26). The highest BCUT2D eigenvalue weighted by atomic mass is 35.5. The van der Waals surface area contributed by atoms with E-state index in [-0.39, 0.29) is 11.8 Å². The Morgan fingerprint density at radius 2 is 1.96 bits per heavy atom. The van der Waals surface area contributed by atoms with Gasteiger partial charge in [-0.05, 0) is 66.4 Å². The first kappa shape index (κ1) is 17.7. The van der Waals surface area contributed by atoms with Crippen molar-refractivity contribution in [2.45, 2.75) is 11.3 Å². The molecule has 0 unspecified atom stereocenters. The van der Waals surface area contributed by atoms with E-state index in [9.17, 15) is 9.59 Å². The maximum Gasteiger partial charge on any atom is 0.273 e. The number of anilines is 1. The average Bonchev–Trinajstić information content (AvgIpc) is 3.08. The van der Waals surface area contributed by atoms with Gasteiger partial charge in [0.05, 0.1) is 10.6 Å². The Labute approximate surface area is 165 Å². The van der Waals surface area contributed by atoms with E-state index in [1.165, 1.54) is 11.9 Å². The fourth-order valence-electron chi connectivity index (χ4n) is 2.84. The summed E-state index contributed by atoms with van der Waals surface area (Å²) < 4.78 is 1.81. The van der Waals surface area contributed by atoms with E-state index in [2.05, 4.69) is 10.6 Å². The minimum atomic E-state index is -0.188. The molecule has 5 nitrogen and oxygen atoms in total. The third-order valence-electron chi connectivity index (χ3n) is 4.24. The molecule has 0 atom stereocenters. The molecule has 0 bridgehead atoms. The van der Waals surface area contributed by atoms with Crippen LogP contribution in [0.25, 0.3) is 0 Å². The second kappa shape index (κ2) is 7.50. The van der Waals surface area contributed by atoms with Gasteiger partial charge in [0, 0.05) is 23.3 Å². The first-order valence-corrected chi connectivity index (χ1v) is 9.59. The summed E-state index contributed by atoms with van der Waals surface area (Å²) in [4.78, 5) is 25.6. The molecule has 0 saturated carbocycles. The molecule has 2 heterocycles. The summed E-state index contributed by atoms with van der Waals surface area (Å²) in [7, 11) is 0. The third-order valence-corrected chi connectivity index (χ3v) is 5.56. The SMILES string of the molecule is O=C(NCCc1ccc(Cl)cc1)c1ccc2c(c1)NC(=O)c1cccn1S2. The molecule has 3 aromatic rings. The lowest BCUT2D eigenvalue weighted by Gasteiger charge is -2.10. The molecule has 0 aliphatic carbocycles. The van der Waals surface area contributed by atoms with Crippen molar-refractivity contribution in [1.82, 2.24) is 9.29 Å². The predicted molar refractivity (Wildman–Crippen MR) is 108 cm³/mol. The van der Waals surface area contributed by atoms with Gasteiger partial charge in [-0.2, -0.15) is 0 Å². The number of nitrogens with zero attached hydrogens (tertiary/aromatic N) is 1. The fourth-order valence-corrected chi connectivity index (χ4v) is 3.88. The van der Waals surface area contributed by atoms with E-state index in [4.69, 9.17) is 11.6 Å². The van der Waals surface area contributed by atoms with Crippen LogP contribution in [0, 0.1) is 0 Å². The van der Waals surface area contributed by atoms with E-state index in [1.54, 1.807) is 18.2 Å². The van der Waals surface area contributed by atoms with E-state index >= 15 is 0 Å². The molecule has 0 fully saturated rings. The molecular formula is C20H16ClN3O2S. The number of nitrogens with one attached hydrogen (secondary N) is 2. The van der Waals surface area contributed by atoms with Crippen LogP contribution in [0.5, 0.6) is 0 Å². The maximum absolute atomic E-state index is 12.5. The first-order chi connectivity index (χ1) is 13.1. The number of fused-ring (bicyclic) bond motifs is 2. The largest absolute Gasteiger partial charge is 0.352 e. The van der Waals surface area contributed by atoms with Gasteiger partial charge in [0.1, 0.15) is 5.69 Å². The van der Waals surface area contributed by atoms with E-state index in [0.29, 0.717) is 28.5 Å². The van der Waals surface area contributed by atoms with Crippen molar-refractivity contribution < 1.29 is 9.59 Å². The zero-order valence-corrected chi connectivity index (χ0v) is 15.8. The van der Waals surface area contributed by atoms with E-state index in [0.717, 1.165) is 16.9 Å². The van der Waals surface area contributed by atoms with Gasteiger partial charge >= 0.3 is 0 Å². The number of carbonyl (C=O) groups excluding carboxylic acids is 2. The Bertz CT molecular complexity index is 1010. The Morgan fingerprint density at radius 3 is 2.78 bits per heavy atom. The summed E-state index contributed by atoms with van der Waals surface area (Å²) in [5, 5.41) is 6.48. The van der Waals surface area contributed by atoms with Crippen molar-refractivity contribution in [3.8, 4) is 0 Å². The molecule has 136 valence electrons.